The molecular weight excluding hydrogens is 338 g/mol. The Morgan fingerprint density at radius 3 is 2.48 bits per heavy atom. The Hall–Kier alpha value is -1.85. The molecule has 0 spiro atoms. The molecule has 1 saturated heterocycles. The zero-order valence-electron chi connectivity index (χ0n) is 16.9. The number of ether oxygens (including phenoxy) is 1. The fraction of sp³-hybridized carbons (Fsp3) is 0.591. The van der Waals surface area contributed by atoms with Crippen LogP contribution in [-0.2, 0) is 19.2 Å². The molecule has 3 atom stereocenters. The van der Waals surface area contributed by atoms with E-state index in [1.54, 1.807) is 13.3 Å². The van der Waals surface area contributed by atoms with E-state index < -0.39 is 5.60 Å². The molecule has 1 aromatic heterocycles. The van der Waals surface area contributed by atoms with Crippen molar-refractivity contribution < 1.29 is 9.84 Å². The summed E-state index contributed by atoms with van der Waals surface area (Å²) in [6, 6.07) is 4.39. The second-order valence-corrected chi connectivity index (χ2v) is 8.45. The van der Waals surface area contributed by atoms with Gasteiger partial charge in [0.05, 0.1) is 7.11 Å². The summed E-state index contributed by atoms with van der Waals surface area (Å²) in [5.41, 5.74) is 3.01. The molecule has 1 aromatic carbocycles. The van der Waals surface area contributed by atoms with Crippen LogP contribution in [0.2, 0.25) is 0 Å². The summed E-state index contributed by atoms with van der Waals surface area (Å²) < 4.78 is 7.45. The number of rotatable bonds is 4. The number of aliphatic hydroxyl groups is 1. The average Bonchev–Trinajstić information content (AvgIpc) is 3.05. The molecular formula is C22H31N3O2. The Bertz CT molecular complexity index is 815. The van der Waals surface area contributed by atoms with Crippen LogP contribution in [0.4, 0.5) is 0 Å². The summed E-state index contributed by atoms with van der Waals surface area (Å²) in [7, 11) is 3.72. The van der Waals surface area contributed by atoms with Gasteiger partial charge >= 0.3 is 0 Å². The molecule has 0 radical (unpaired) electrons. The minimum atomic E-state index is -0.794. The van der Waals surface area contributed by atoms with Crippen LogP contribution in [0.1, 0.15) is 41.8 Å². The van der Waals surface area contributed by atoms with Crippen molar-refractivity contribution in [2.24, 2.45) is 18.9 Å². The Labute approximate surface area is 162 Å². The van der Waals surface area contributed by atoms with Crippen molar-refractivity contribution in [1.29, 1.82) is 0 Å². The first-order valence-electron chi connectivity index (χ1n) is 10.00. The van der Waals surface area contributed by atoms with Gasteiger partial charge in [0.25, 0.3) is 0 Å². The first-order chi connectivity index (χ1) is 12.9. The molecule has 2 heterocycles. The first kappa shape index (κ1) is 18.5. The number of aryl methyl sites for hydroxylation is 3. The molecule has 27 heavy (non-hydrogen) atoms. The van der Waals surface area contributed by atoms with E-state index in [0.717, 1.165) is 44.0 Å². The molecule has 1 aliphatic heterocycles. The van der Waals surface area contributed by atoms with Crippen molar-refractivity contribution in [1.82, 2.24) is 14.5 Å². The molecule has 2 aromatic rings. The van der Waals surface area contributed by atoms with Gasteiger partial charge in [-0.1, -0.05) is 12.5 Å². The normalized spacial score (nSPS) is 28.3. The quantitative estimate of drug-likeness (QED) is 0.899. The van der Waals surface area contributed by atoms with Crippen molar-refractivity contribution in [2.75, 3.05) is 20.2 Å². The number of methoxy groups -OCH3 is 1. The summed E-state index contributed by atoms with van der Waals surface area (Å²) in [6.45, 7) is 7.04. The van der Waals surface area contributed by atoms with Crippen LogP contribution in [0.5, 0.6) is 5.75 Å². The zero-order chi connectivity index (χ0) is 19.2. The smallest absolute Gasteiger partial charge is 0.141 e. The molecule has 1 N–H and O–H groups in total. The Balaban J connectivity index is 1.58. The largest absolute Gasteiger partial charge is 0.496 e. The van der Waals surface area contributed by atoms with Crippen molar-refractivity contribution in [3.05, 3.63) is 47.0 Å². The lowest BCUT2D eigenvalue weighted by Crippen LogP contribution is -2.58. The van der Waals surface area contributed by atoms with Gasteiger partial charge in [-0.3, -0.25) is 4.90 Å². The van der Waals surface area contributed by atoms with E-state index in [-0.39, 0.29) is 11.8 Å². The van der Waals surface area contributed by atoms with Gasteiger partial charge in [0.2, 0.25) is 0 Å². The number of fused-ring (bicyclic) bond motifs is 2. The Morgan fingerprint density at radius 1 is 1.19 bits per heavy atom. The van der Waals surface area contributed by atoms with Gasteiger partial charge in [-0.2, -0.15) is 0 Å². The van der Waals surface area contributed by atoms with Crippen molar-refractivity contribution in [3.8, 4) is 5.75 Å². The third-order valence-electron chi connectivity index (χ3n) is 6.73. The van der Waals surface area contributed by atoms with Gasteiger partial charge < -0.3 is 14.4 Å². The second-order valence-electron chi connectivity index (χ2n) is 8.45. The van der Waals surface area contributed by atoms with Crippen molar-refractivity contribution in [2.45, 2.75) is 45.3 Å². The molecule has 5 heteroatoms. The molecule has 2 aliphatic rings. The summed E-state index contributed by atoms with van der Waals surface area (Å²) in [4.78, 5) is 7.06. The summed E-state index contributed by atoms with van der Waals surface area (Å²) in [5, 5.41) is 11.7. The van der Waals surface area contributed by atoms with E-state index in [1.165, 1.54) is 23.1 Å². The third kappa shape index (κ3) is 3.07. The van der Waals surface area contributed by atoms with E-state index in [1.807, 2.05) is 17.8 Å². The molecule has 1 aliphatic carbocycles. The summed E-state index contributed by atoms with van der Waals surface area (Å²) in [6.07, 6.45) is 7.09. The number of hydrogen-bond acceptors (Lipinski definition) is 4. The van der Waals surface area contributed by atoms with Crippen LogP contribution in [0.15, 0.2) is 24.5 Å². The highest BCUT2D eigenvalue weighted by atomic mass is 16.5. The van der Waals surface area contributed by atoms with E-state index in [2.05, 4.69) is 35.9 Å². The molecule has 2 bridgehead atoms. The lowest BCUT2D eigenvalue weighted by Gasteiger charge is -2.52. The molecule has 5 nitrogen and oxygen atoms in total. The maximum Gasteiger partial charge on any atom is 0.141 e. The van der Waals surface area contributed by atoms with Gasteiger partial charge in [0.15, 0.2) is 0 Å². The van der Waals surface area contributed by atoms with Crippen LogP contribution in [-0.4, -0.2) is 39.8 Å². The van der Waals surface area contributed by atoms with Gasteiger partial charge in [-0.25, -0.2) is 4.98 Å². The van der Waals surface area contributed by atoms with Crippen molar-refractivity contribution in [3.63, 3.8) is 0 Å². The molecule has 2 fully saturated rings. The lowest BCUT2D eigenvalue weighted by atomic mass is 9.65. The number of imidazole rings is 1. The van der Waals surface area contributed by atoms with Gasteiger partial charge in [-0.05, 0) is 49.4 Å². The first-order valence-corrected chi connectivity index (χ1v) is 10.00. The van der Waals surface area contributed by atoms with Gasteiger partial charge in [0, 0.05) is 50.9 Å². The third-order valence-corrected chi connectivity index (χ3v) is 6.73. The number of piperidine rings is 1. The van der Waals surface area contributed by atoms with Gasteiger partial charge in [-0.15, -0.1) is 0 Å². The number of benzene rings is 1. The molecule has 1 saturated carbocycles. The number of hydrogen-bond donors (Lipinski definition) is 1. The molecule has 146 valence electrons. The molecule has 1 unspecified atom stereocenters. The predicted octanol–water partition coefficient (Wildman–Crippen LogP) is 3.17. The predicted molar refractivity (Wildman–Crippen MR) is 106 cm³/mol. The molecule has 0 amide bonds. The number of likely N-dealkylation sites (tertiary alicyclic amines) is 1. The SMILES string of the molecule is COc1cc(C)c(CN2C[C@H]3CCC[C@@H](C2)C3(O)c2nccn2C)cc1C. The standard InChI is InChI=1S/C22H31N3O2/c1-15-11-20(27-4)16(2)10-17(15)12-25-13-18-6-5-7-19(14-25)22(18,26)21-23-8-9-24(21)3/h8-11,18-19,26H,5-7,12-14H2,1-4H3/t18-,19+,22?. The van der Waals surface area contributed by atoms with E-state index in [0.29, 0.717) is 0 Å². The zero-order valence-corrected chi connectivity index (χ0v) is 16.9. The minimum Gasteiger partial charge on any atom is -0.496 e. The Kier molecular flexibility index (Phi) is 4.77. The maximum absolute atomic E-state index is 11.7. The van der Waals surface area contributed by atoms with Gasteiger partial charge in [0.1, 0.15) is 17.2 Å². The highest BCUT2D eigenvalue weighted by Crippen LogP contribution is 2.48. The van der Waals surface area contributed by atoms with Crippen molar-refractivity contribution >= 4 is 0 Å². The number of nitrogens with zero attached hydrogens (tertiary/aromatic N) is 3. The highest BCUT2D eigenvalue weighted by molar-refractivity contribution is 5.41. The van der Waals surface area contributed by atoms with Crippen LogP contribution < -0.4 is 4.74 Å². The fourth-order valence-corrected chi connectivity index (χ4v) is 5.27. The topological polar surface area (TPSA) is 50.5 Å². The van der Waals surface area contributed by atoms with E-state index in [4.69, 9.17) is 4.74 Å². The van der Waals surface area contributed by atoms with Crippen LogP contribution in [0, 0.1) is 25.7 Å². The summed E-state index contributed by atoms with van der Waals surface area (Å²) in [5.74, 6) is 2.28. The summed E-state index contributed by atoms with van der Waals surface area (Å²) >= 11 is 0. The van der Waals surface area contributed by atoms with Crippen LogP contribution >= 0.6 is 0 Å². The Morgan fingerprint density at radius 2 is 1.89 bits per heavy atom. The minimum absolute atomic E-state index is 0.241. The molecule has 4 rings (SSSR count). The van der Waals surface area contributed by atoms with Crippen LogP contribution in [0.25, 0.3) is 0 Å². The maximum atomic E-state index is 11.7. The average molecular weight is 370 g/mol. The van der Waals surface area contributed by atoms with E-state index in [9.17, 15) is 5.11 Å². The second kappa shape index (κ2) is 6.95. The van der Waals surface area contributed by atoms with E-state index >= 15 is 0 Å². The highest BCUT2D eigenvalue weighted by Gasteiger charge is 2.53. The van der Waals surface area contributed by atoms with Crippen LogP contribution in [0.3, 0.4) is 0 Å². The monoisotopic (exact) mass is 369 g/mol. The fourth-order valence-electron chi connectivity index (χ4n) is 5.27. The lowest BCUT2D eigenvalue weighted by molar-refractivity contribution is -0.155. The number of aromatic nitrogens is 2.